The summed E-state index contributed by atoms with van der Waals surface area (Å²) in [6, 6.07) is 4.16. The van der Waals surface area contributed by atoms with E-state index in [2.05, 4.69) is 5.32 Å². The summed E-state index contributed by atoms with van der Waals surface area (Å²) in [5.74, 6) is -1.71. The summed E-state index contributed by atoms with van der Waals surface area (Å²) in [5.41, 5.74) is 0.412. The fourth-order valence-electron chi connectivity index (χ4n) is 1.67. The summed E-state index contributed by atoms with van der Waals surface area (Å²) in [4.78, 5) is 22.9. The third-order valence-corrected chi connectivity index (χ3v) is 2.50. The molecule has 0 bridgehead atoms. The minimum atomic E-state index is -1.56. The van der Waals surface area contributed by atoms with Crippen molar-refractivity contribution >= 4 is 11.9 Å². The Hall–Kier alpha value is -1.95. The van der Waals surface area contributed by atoms with Crippen molar-refractivity contribution < 1.29 is 23.8 Å². The Labute approximate surface area is 116 Å². The van der Waals surface area contributed by atoms with E-state index < -0.39 is 29.8 Å². The number of aliphatic hydroxyl groups is 1. The second-order valence-corrected chi connectivity index (χ2v) is 4.66. The molecule has 0 saturated heterocycles. The standard InChI is InChI=1S/C14H18FNO4/c1-8(2)20-14(19)13(18)12(16-9(3)17)10-4-6-11(15)7-5-10/h4-8,12-13,18H,1-3H3,(H,16,17)/t12-,13+/m0/s1. The van der Waals surface area contributed by atoms with Gasteiger partial charge in [0.1, 0.15) is 5.82 Å². The van der Waals surface area contributed by atoms with Gasteiger partial charge in [-0.25, -0.2) is 9.18 Å². The molecule has 0 saturated carbocycles. The molecule has 2 atom stereocenters. The second kappa shape index (κ2) is 7.00. The van der Waals surface area contributed by atoms with Gasteiger partial charge >= 0.3 is 5.97 Å². The highest BCUT2D eigenvalue weighted by Gasteiger charge is 2.30. The molecular formula is C14H18FNO4. The molecule has 0 aliphatic rings. The van der Waals surface area contributed by atoms with Crippen molar-refractivity contribution in [3.8, 4) is 0 Å². The third kappa shape index (κ3) is 4.62. The minimum absolute atomic E-state index is 0.386. The van der Waals surface area contributed by atoms with E-state index >= 15 is 0 Å². The Bertz CT molecular complexity index is 473. The van der Waals surface area contributed by atoms with E-state index in [1.807, 2.05) is 0 Å². The number of rotatable bonds is 5. The van der Waals surface area contributed by atoms with Gasteiger partial charge in [0.2, 0.25) is 5.91 Å². The van der Waals surface area contributed by atoms with Gasteiger partial charge in [0.05, 0.1) is 12.1 Å². The zero-order valence-corrected chi connectivity index (χ0v) is 11.6. The van der Waals surface area contributed by atoms with Crippen LogP contribution in [0, 0.1) is 5.82 Å². The molecule has 1 aromatic carbocycles. The van der Waals surface area contributed by atoms with Crippen LogP contribution in [-0.2, 0) is 14.3 Å². The highest BCUT2D eigenvalue weighted by Crippen LogP contribution is 2.19. The number of hydrogen-bond acceptors (Lipinski definition) is 4. The number of carbonyl (C=O) groups excluding carboxylic acids is 2. The Morgan fingerprint density at radius 2 is 1.80 bits per heavy atom. The Balaban J connectivity index is 2.96. The lowest BCUT2D eigenvalue weighted by molar-refractivity contribution is -0.159. The molecule has 0 aromatic heterocycles. The van der Waals surface area contributed by atoms with Gasteiger partial charge in [0.15, 0.2) is 6.10 Å². The van der Waals surface area contributed by atoms with Crippen LogP contribution in [0.25, 0.3) is 0 Å². The van der Waals surface area contributed by atoms with E-state index in [1.165, 1.54) is 31.2 Å². The number of ether oxygens (including phenoxy) is 1. The Morgan fingerprint density at radius 1 is 1.25 bits per heavy atom. The predicted octanol–water partition coefficient (Wildman–Crippen LogP) is 1.32. The normalized spacial score (nSPS) is 13.7. The Kier molecular flexibility index (Phi) is 5.64. The maximum absolute atomic E-state index is 12.9. The smallest absolute Gasteiger partial charge is 0.337 e. The summed E-state index contributed by atoms with van der Waals surface area (Å²) in [6.07, 6.45) is -1.95. The molecule has 5 nitrogen and oxygen atoms in total. The molecule has 0 spiro atoms. The van der Waals surface area contributed by atoms with E-state index in [0.29, 0.717) is 5.56 Å². The van der Waals surface area contributed by atoms with Crippen molar-refractivity contribution in [2.75, 3.05) is 0 Å². The number of benzene rings is 1. The minimum Gasteiger partial charge on any atom is -0.461 e. The van der Waals surface area contributed by atoms with Crippen LogP contribution in [0.2, 0.25) is 0 Å². The topological polar surface area (TPSA) is 75.6 Å². The summed E-state index contributed by atoms with van der Waals surface area (Å²) in [5, 5.41) is 12.5. The lowest BCUT2D eigenvalue weighted by Crippen LogP contribution is -2.41. The van der Waals surface area contributed by atoms with Crippen LogP contribution in [0.1, 0.15) is 32.4 Å². The van der Waals surface area contributed by atoms with E-state index in [-0.39, 0.29) is 6.10 Å². The molecular weight excluding hydrogens is 265 g/mol. The zero-order chi connectivity index (χ0) is 15.3. The highest BCUT2D eigenvalue weighted by molar-refractivity contribution is 5.79. The Morgan fingerprint density at radius 3 is 2.25 bits per heavy atom. The number of nitrogens with one attached hydrogen (secondary N) is 1. The van der Waals surface area contributed by atoms with Gasteiger partial charge in [-0.05, 0) is 31.5 Å². The van der Waals surface area contributed by atoms with Crippen molar-refractivity contribution in [2.45, 2.75) is 39.0 Å². The number of halogens is 1. The lowest BCUT2D eigenvalue weighted by atomic mass is 10.0. The molecule has 0 fully saturated rings. The second-order valence-electron chi connectivity index (χ2n) is 4.66. The van der Waals surface area contributed by atoms with Crippen LogP contribution < -0.4 is 5.32 Å². The molecule has 20 heavy (non-hydrogen) atoms. The van der Waals surface area contributed by atoms with Gasteiger partial charge in [-0.15, -0.1) is 0 Å². The quantitative estimate of drug-likeness (QED) is 0.799. The monoisotopic (exact) mass is 283 g/mol. The van der Waals surface area contributed by atoms with Crippen molar-refractivity contribution in [3.05, 3.63) is 35.6 Å². The summed E-state index contributed by atoms with van der Waals surface area (Å²) in [7, 11) is 0. The van der Waals surface area contributed by atoms with Crippen molar-refractivity contribution in [3.63, 3.8) is 0 Å². The maximum Gasteiger partial charge on any atom is 0.337 e. The third-order valence-electron chi connectivity index (χ3n) is 2.50. The van der Waals surface area contributed by atoms with E-state index in [9.17, 15) is 19.1 Å². The lowest BCUT2D eigenvalue weighted by Gasteiger charge is -2.23. The van der Waals surface area contributed by atoms with Crippen LogP contribution >= 0.6 is 0 Å². The van der Waals surface area contributed by atoms with Crippen LogP contribution in [0.5, 0.6) is 0 Å². The summed E-state index contributed by atoms with van der Waals surface area (Å²) in [6.45, 7) is 4.56. The molecule has 0 aliphatic carbocycles. The van der Waals surface area contributed by atoms with Gasteiger partial charge in [0, 0.05) is 6.92 Å². The zero-order valence-electron chi connectivity index (χ0n) is 11.6. The first-order chi connectivity index (χ1) is 9.31. The summed E-state index contributed by atoms with van der Waals surface area (Å²) >= 11 is 0. The first kappa shape index (κ1) is 16.1. The predicted molar refractivity (Wildman–Crippen MR) is 70.2 cm³/mol. The summed E-state index contributed by atoms with van der Waals surface area (Å²) < 4.78 is 17.8. The van der Waals surface area contributed by atoms with E-state index in [0.717, 1.165) is 0 Å². The van der Waals surface area contributed by atoms with E-state index in [4.69, 9.17) is 4.74 Å². The van der Waals surface area contributed by atoms with Crippen LogP contribution in [0.3, 0.4) is 0 Å². The first-order valence-corrected chi connectivity index (χ1v) is 6.22. The van der Waals surface area contributed by atoms with Crippen LogP contribution in [-0.4, -0.2) is 29.2 Å². The number of amides is 1. The SMILES string of the molecule is CC(=O)N[C@@H](c1ccc(F)cc1)[C@@H](O)C(=O)OC(C)C. The molecule has 2 N–H and O–H groups in total. The maximum atomic E-state index is 12.9. The number of esters is 1. The van der Waals surface area contributed by atoms with E-state index in [1.54, 1.807) is 13.8 Å². The molecule has 0 radical (unpaired) electrons. The molecule has 1 rings (SSSR count). The fraction of sp³-hybridized carbons (Fsp3) is 0.429. The van der Waals surface area contributed by atoms with Gasteiger partial charge in [-0.2, -0.15) is 0 Å². The van der Waals surface area contributed by atoms with Crippen molar-refractivity contribution in [1.29, 1.82) is 0 Å². The molecule has 110 valence electrons. The first-order valence-electron chi connectivity index (χ1n) is 6.22. The largest absolute Gasteiger partial charge is 0.461 e. The number of hydrogen-bond donors (Lipinski definition) is 2. The van der Waals surface area contributed by atoms with Crippen molar-refractivity contribution in [2.24, 2.45) is 0 Å². The highest BCUT2D eigenvalue weighted by atomic mass is 19.1. The van der Waals surface area contributed by atoms with Gasteiger partial charge in [0.25, 0.3) is 0 Å². The van der Waals surface area contributed by atoms with Gasteiger partial charge in [-0.3, -0.25) is 4.79 Å². The number of carbonyl (C=O) groups is 2. The van der Waals surface area contributed by atoms with Crippen LogP contribution in [0.4, 0.5) is 4.39 Å². The van der Waals surface area contributed by atoms with Gasteiger partial charge in [-0.1, -0.05) is 12.1 Å². The average molecular weight is 283 g/mol. The van der Waals surface area contributed by atoms with Crippen molar-refractivity contribution in [1.82, 2.24) is 5.32 Å². The molecule has 0 unspecified atom stereocenters. The molecule has 6 heteroatoms. The van der Waals surface area contributed by atoms with Gasteiger partial charge < -0.3 is 15.2 Å². The molecule has 0 heterocycles. The molecule has 1 amide bonds. The molecule has 0 aliphatic heterocycles. The average Bonchev–Trinajstić information content (AvgIpc) is 2.35. The van der Waals surface area contributed by atoms with Crippen LogP contribution in [0.15, 0.2) is 24.3 Å². The molecule has 1 aromatic rings. The number of aliphatic hydroxyl groups excluding tert-OH is 1. The fourth-order valence-corrected chi connectivity index (χ4v) is 1.67.